The third-order valence-electron chi connectivity index (χ3n) is 2.91. The highest BCUT2D eigenvalue weighted by Crippen LogP contribution is 2.42. The van der Waals surface area contributed by atoms with Crippen molar-refractivity contribution in [3.63, 3.8) is 0 Å². The zero-order valence-electron chi connectivity index (χ0n) is 11.6. The zero-order valence-corrected chi connectivity index (χ0v) is 13.9. The molecule has 0 radical (unpaired) electrons. The van der Waals surface area contributed by atoms with Crippen molar-refractivity contribution in [2.75, 3.05) is 6.26 Å². The summed E-state index contributed by atoms with van der Waals surface area (Å²) in [6.07, 6.45) is -3.99. The Labute approximate surface area is 143 Å². The summed E-state index contributed by atoms with van der Waals surface area (Å²) in [5.41, 5.74) is -2.66. The minimum Gasteiger partial charge on any atom is -0.476 e. The second kappa shape index (κ2) is 5.94. The van der Waals surface area contributed by atoms with Crippen molar-refractivity contribution in [3.8, 4) is 11.3 Å². The molecule has 0 spiro atoms. The van der Waals surface area contributed by atoms with Gasteiger partial charge in [-0.1, -0.05) is 23.2 Å². The third kappa shape index (κ3) is 3.35. The zero-order chi connectivity index (χ0) is 18.4. The molecule has 2 aromatic rings. The fraction of sp³-hybridized carbons (Fsp3) is 0.167. The number of carboxylic acids is 1. The molecule has 1 heterocycles. The number of nitrogens with one attached hydrogen (secondary N) is 1. The van der Waals surface area contributed by atoms with Crippen LogP contribution >= 0.6 is 23.2 Å². The van der Waals surface area contributed by atoms with Gasteiger partial charge in [-0.15, -0.1) is 0 Å². The fourth-order valence-electron chi connectivity index (χ4n) is 1.98. The normalized spacial score (nSPS) is 12.4. The Bertz CT molecular complexity index is 915. The van der Waals surface area contributed by atoms with Crippen LogP contribution in [0.4, 0.5) is 13.2 Å². The minimum atomic E-state index is -4.72. The molecule has 12 heteroatoms. The number of carboxylic acid groups (broad SMARTS) is 1. The maximum absolute atomic E-state index is 12.7. The smallest absolute Gasteiger partial charge is 0.416 e. The summed E-state index contributed by atoms with van der Waals surface area (Å²) in [6.45, 7) is 0. The molecule has 2 N–H and O–H groups in total. The van der Waals surface area contributed by atoms with Gasteiger partial charge in [0.1, 0.15) is 4.90 Å². The summed E-state index contributed by atoms with van der Waals surface area (Å²) < 4.78 is 62.0. The van der Waals surface area contributed by atoms with Gasteiger partial charge >= 0.3 is 12.1 Å². The van der Waals surface area contributed by atoms with Crippen molar-refractivity contribution in [1.29, 1.82) is 0 Å². The van der Waals surface area contributed by atoms with E-state index in [1.807, 2.05) is 0 Å². The molecular weight excluding hydrogens is 396 g/mol. The van der Waals surface area contributed by atoms with Crippen LogP contribution in [0.15, 0.2) is 17.0 Å². The number of alkyl halides is 3. The van der Waals surface area contributed by atoms with Crippen molar-refractivity contribution >= 4 is 39.0 Å². The summed E-state index contributed by atoms with van der Waals surface area (Å²) in [7, 11) is -4.10. The van der Waals surface area contributed by atoms with E-state index in [-0.39, 0.29) is 5.56 Å². The van der Waals surface area contributed by atoms with Crippen molar-refractivity contribution in [3.05, 3.63) is 33.4 Å². The monoisotopic (exact) mass is 402 g/mol. The summed E-state index contributed by atoms with van der Waals surface area (Å²) in [5.74, 6) is -1.64. The van der Waals surface area contributed by atoms with Gasteiger partial charge < -0.3 is 5.11 Å². The van der Waals surface area contributed by atoms with Gasteiger partial charge in [-0.3, -0.25) is 5.10 Å². The van der Waals surface area contributed by atoms with Crippen LogP contribution in [0.2, 0.25) is 10.0 Å². The number of hydrogen-bond acceptors (Lipinski definition) is 4. The molecule has 0 bridgehead atoms. The molecule has 24 heavy (non-hydrogen) atoms. The first-order valence-corrected chi connectivity index (χ1v) is 8.57. The van der Waals surface area contributed by atoms with Crippen LogP contribution in [0.5, 0.6) is 0 Å². The number of halogens is 5. The Hall–Kier alpha value is -1.78. The first-order chi connectivity index (χ1) is 10.8. The van der Waals surface area contributed by atoms with Gasteiger partial charge in [-0.05, 0) is 12.1 Å². The largest absolute Gasteiger partial charge is 0.476 e. The van der Waals surface area contributed by atoms with Crippen LogP contribution in [0.1, 0.15) is 16.1 Å². The van der Waals surface area contributed by atoms with E-state index in [0.717, 1.165) is 6.26 Å². The van der Waals surface area contributed by atoms with Crippen LogP contribution in [-0.4, -0.2) is 35.9 Å². The molecule has 1 aromatic heterocycles. The second-order valence-corrected chi connectivity index (χ2v) is 7.43. The average molecular weight is 403 g/mol. The molecule has 1 aromatic carbocycles. The Morgan fingerprint density at radius 2 is 1.75 bits per heavy atom. The van der Waals surface area contributed by atoms with Crippen molar-refractivity contribution in [2.24, 2.45) is 0 Å². The van der Waals surface area contributed by atoms with Gasteiger partial charge in [0.15, 0.2) is 15.5 Å². The number of benzene rings is 1. The van der Waals surface area contributed by atoms with Gasteiger partial charge in [-0.25, -0.2) is 13.2 Å². The molecule has 0 unspecified atom stereocenters. The lowest BCUT2D eigenvalue weighted by atomic mass is 10.1. The lowest BCUT2D eigenvalue weighted by Crippen LogP contribution is -2.08. The number of aromatic amines is 1. The van der Waals surface area contributed by atoms with E-state index < -0.39 is 53.9 Å². The number of hydrogen-bond donors (Lipinski definition) is 2. The van der Waals surface area contributed by atoms with E-state index in [9.17, 15) is 26.4 Å². The van der Waals surface area contributed by atoms with Crippen LogP contribution in [0.3, 0.4) is 0 Å². The predicted molar refractivity (Wildman–Crippen MR) is 79.1 cm³/mol. The number of H-pyrrole nitrogens is 1. The van der Waals surface area contributed by atoms with Gasteiger partial charge in [0.2, 0.25) is 0 Å². The molecule has 0 amide bonds. The first-order valence-electron chi connectivity index (χ1n) is 5.92. The van der Waals surface area contributed by atoms with E-state index in [1.165, 1.54) is 0 Å². The summed E-state index contributed by atoms with van der Waals surface area (Å²) in [5, 5.41) is 13.5. The van der Waals surface area contributed by atoms with Crippen LogP contribution in [0.25, 0.3) is 11.3 Å². The first kappa shape index (κ1) is 18.6. The second-order valence-electron chi connectivity index (χ2n) is 4.67. The van der Waals surface area contributed by atoms with Gasteiger partial charge in [-0.2, -0.15) is 18.3 Å². The molecule has 0 saturated heterocycles. The number of sulfone groups is 1. The molecule has 2 rings (SSSR count). The molecule has 6 nitrogen and oxygen atoms in total. The van der Waals surface area contributed by atoms with Crippen molar-refractivity contribution in [2.45, 2.75) is 11.1 Å². The molecule has 0 atom stereocenters. The predicted octanol–water partition coefficient (Wildman–Crippen LogP) is 3.50. The Kier molecular flexibility index (Phi) is 4.59. The number of rotatable bonds is 3. The van der Waals surface area contributed by atoms with Gasteiger partial charge in [0.05, 0.1) is 21.3 Å². The molecular formula is C12H7Cl2F3N2O4S. The number of aromatic nitrogens is 2. The number of carbonyl (C=O) groups is 1. The summed E-state index contributed by atoms with van der Waals surface area (Å²) in [6, 6.07) is 1.10. The Morgan fingerprint density at radius 1 is 1.25 bits per heavy atom. The minimum absolute atomic E-state index is 0.299. The highest BCUT2D eigenvalue weighted by Gasteiger charge is 2.34. The van der Waals surface area contributed by atoms with Crippen LogP contribution in [-0.2, 0) is 16.0 Å². The van der Waals surface area contributed by atoms with E-state index in [0.29, 0.717) is 12.1 Å². The topological polar surface area (TPSA) is 100 Å². The average Bonchev–Trinajstić information content (AvgIpc) is 2.81. The van der Waals surface area contributed by atoms with Crippen molar-refractivity contribution < 1.29 is 31.5 Å². The third-order valence-corrected chi connectivity index (χ3v) is 4.65. The number of aromatic carboxylic acids is 1. The maximum Gasteiger partial charge on any atom is 0.416 e. The van der Waals surface area contributed by atoms with Crippen LogP contribution in [0, 0.1) is 0 Å². The quantitative estimate of drug-likeness (QED) is 0.817. The number of nitrogens with zero attached hydrogens (tertiary/aromatic N) is 1. The lowest BCUT2D eigenvalue weighted by Gasteiger charge is -2.12. The highest BCUT2D eigenvalue weighted by molar-refractivity contribution is 7.91. The SMILES string of the molecule is CS(=O)(=O)c1c(C(=O)O)n[nH]c1-c1c(Cl)cc(C(F)(F)F)cc1Cl. The van der Waals surface area contributed by atoms with Gasteiger partial charge in [0, 0.05) is 11.8 Å². The summed E-state index contributed by atoms with van der Waals surface area (Å²) >= 11 is 11.6. The fourth-order valence-corrected chi connectivity index (χ4v) is 3.66. The van der Waals surface area contributed by atoms with E-state index >= 15 is 0 Å². The highest BCUT2D eigenvalue weighted by atomic mass is 35.5. The Morgan fingerprint density at radius 3 is 2.12 bits per heavy atom. The molecule has 0 fully saturated rings. The Balaban J connectivity index is 2.82. The van der Waals surface area contributed by atoms with Crippen LogP contribution < -0.4 is 0 Å². The van der Waals surface area contributed by atoms with E-state index in [4.69, 9.17) is 28.3 Å². The lowest BCUT2D eigenvalue weighted by molar-refractivity contribution is -0.137. The molecule has 0 aliphatic rings. The van der Waals surface area contributed by atoms with Gasteiger partial charge in [0.25, 0.3) is 0 Å². The van der Waals surface area contributed by atoms with Crippen molar-refractivity contribution in [1.82, 2.24) is 10.2 Å². The molecule has 0 saturated carbocycles. The molecule has 130 valence electrons. The van der Waals surface area contributed by atoms with E-state index in [2.05, 4.69) is 10.2 Å². The molecule has 0 aliphatic carbocycles. The molecule has 0 aliphatic heterocycles. The standard InChI is InChI=1S/C12H7Cl2F3N2O4S/c1-24(22,23)10-8(18-19-9(10)11(20)21)7-5(13)2-4(3-6(7)14)12(15,16)17/h2-3H,1H3,(H,18,19)(H,20,21). The summed E-state index contributed by atoms with van der Waals surface area (Å²) in [4.78, 5) is 10.4. The maximum atomic E-state index is 12.7. The van der Waals surface area contributed by atoms with E-state index in [1.54, 1.807) is 0 Å².